The van der Waals surface area contributed by atoms with Crippen molar-refractivity contribution < 1.29 is 9.53 Å². The molecule has 0 heterocycles. The molecule has 1 rings (SSSR count). The lowest BCUT2D eigenvalue weighted by atomic mass is 9.94. The fourth-order valence-corrected chi connectivity index (χ4v) is 1.48. The van der Waals surface area contributed by atoms with E-state index in [9.17, 15) is 4.79 Å². The van der Waals surface area contributed by atoms with Gasteiger partial charge in [-0.25, -0.2) is 5.84 Å². The summed E-state index contributed by atoms with van der Waals surface area (Å²) in [6.07, 6.45) is 0. The highest BCUT2D eigenvalue weighted by molar-refractivity contribution is 5.81. The van der Waals surface area contributed by atoms with Crippen molar-refractivity contribution in [2.45, 2.75) is 27.7 Å². The molecule has 1 amide bonds. The Bertz CT molecular complexity index is 414. The average molecular weight is 236 g/mol. The monoisotopic (exact) mass is 236 g/mol. The molecule has 0 fully saturated rings. The van der Waals surface area contributed by atoms with Crippen LogP contribution in [0.1, 0.15) is 25.0 Å². The smallest absolute Gasteiger partial charge is 0.242 e. The summed E-state index contributed by atoms with van der Waals surface area (Å²) < 4.78 is 5.66. The molecule has 0 aromatic heterocycles. The topological polar surface area (TPSA) is 64.3 Å². The number of rotatable bonds is 4. The Hall–Kier alpha value is -1.55. The van der Waals surface area contributed by atoms with Crippen molar-refractivity contribution in [1.82, 2.24) is 5.43 Å². The van der Waals surface area contributed by atoms with Gasteiger partial charge in [0.15, 0.2) is 0 Å². The van der Waals surface area contributed by atoms with Crippen LogP contribution in [-0.2, 0) is 4.79 Å². The van der Waals surface area contributed by atoms with Crippen LogP contribution in [0.5, 0.6) is 5.75 Å². The van der Waals surface area contributed by atoms with E-state index in [1.165, 1.54) is 5.56 Å². The minimum atomic E-state index is -0.647. The Labute approximate surface area is 102 Å². The van der Waals surface area contributed by atoms with Gasteiger partial charge in [-0.1, -0.05) is 17.7 Å². The van der Waals surface area contributed by atoms with E-state index in [-0.39, 0.29) is 5.91 Å². The molecule has 3 N–H and O–H groups in total. The summed E-state index contributed by atoms with van der Waals surface area (Å²) in [5.74, 6) is 5.69. The highest BCUT2D eigenvalue weighted by Crippen LogP contribution is 2.22. The summed E-state index contributed by atoms with van der Waals surface area (Å²) in [6, 6.07) is 5.95. The number of aryl methyl sites for hydroxylation is 2. The zero-order valence-corrected chi connectivity index (χ0v) is 10.8. The molecular formula is C13H20N2O2. The second kappa shape index (κ2) is 5.19. The van der Waals surface area contributed by atoms with Crippen molar-refractivity contribution in [3.8, 4) is 5.75 Å². The van der Waals surface area contributed by atoms with Crippen LogP contribution in [0.2, 0.25) is 0 Å². The van der Waals surface area contributed by atoms with Gasteiger partial charge in [0, 0.05) is 0 Å². The van der Waals surface area contributed by atoms with E-state index < -0.39 is 5.41 Å². The SMILES string of the molecule is Cc1ccc(OCC(C)(C)C(=O)NN)c(C)c1. The summed E-state index contributed by atoms with van der Waals surface area (Å²) in [4.78, 5) is 11.5. The molecule has 0 aliphatic carbocycles. The molecule has 0 bridgehead atoms. The molecule has 1 aromatic carbocycles. The quantitative estimate of drug-likeness (QED) is 0.475. The first-order valence-corrected chi connectivity index (χ1v) is 5.58. The van der Waals surface area contributed by atoms with E-state index in [0.717, 1.165) is 11.3 Å². The van der Waals surface area contributed by atoms with Crippen molar-refractivity contribution in [3.05, 3.63) is 29.3 Å². The predicted molar refractivity (Wildman–Crippen MR) is 67.5 cm³/mol. The third-order valence-electron chi connectivity index (χ3n) is 2.66. The second-order valence-electron chi connectivity index (χ2n) is 4.91. The molecule has 4 heteroatoms. The summed E-state index contributed by atoms with van der Waals surface area (Å²) in [6.45, 7) is 7.89. The lowest BCUT2D eigenvalue weighted by Crippen LogP contribution is -2.44. The van der Waals surface area contributed by atoms with Gasteiger partial charge in [-0.15, -0.1) is 0 Å². The van der Waals surface area contributed by atoms with E-state index in [4.69, 9.17) is 10.6 Å². The number of carbonyl (C=O) groups excluding carboxylic acids is 1. The first-order valence-electron chi connectivity index (χ1n) is 5.58. The summed E-state index contributed by atoms with van der Waals surface area (Å²) in [5, 5.41) is 0. The number of hydrogen-bond donors (Lipinski definition) is 2. The van der Waals surface area contributed by atoms with Crippen molar-refractivity contribution in [3.63, 3.8) is 0 Å². The molecule has 0 spiro atoms. The van der Waals surface area contributed by atoms with Crippen LogP contribution in [0.25, 0.3) is 0 Å². The van der Waals surface area contributed by atoms with Crippen LogP contribution >= 0.6 is 0 Å². The van der Waals surface area contributed by atoms with Gasteiger partial charge < -0.3 is 4.74 Å². The van der Waals surface area contributed by atoms with Gasteiger partial charge >= 0.3 is 0 Å². The first kappa shape index (κ1) is 13.5. The van der Waals surface area contributed by atoms with Gasteiger partial charge in [0.05, 0.1) is 5.41 Å². The van der Waals surface area contributed by atoms with Gasteiger partial charge in [0.1, 0.15) is 12.4 Å². The molecule has 0 saturated carbocycles. The number of hydrogen-bond acceptors (Lipinski definition) is 3. The van der Waals surface area contributed by atoms with Gasteiger partial charge in [-0.2, -0.15) is 0 Å². The molecule has 4 nitrogen and oxygen atoms in total. The van der Waals surface area contributed by atoms with Crippen LogP contribution in [-0.4, -0.2) is 12.5 Å². The zero-order chi connectivity index (χ0) is 13.1. The Kier molecular flexibility index (Phi) is 4.12. The highest BCUT2D eigenvalue weighted by Gasteiger charge is 2.28. The maximum absolute atomic E-state index is 11.5. The summed E-state index contributed by atoms with van der Waals surface area (Å²) >= 11 is 0. The van der Waals surface area contributed by atoms with E-state index in [1.54, 1.807) is 13.8 Å². The number of benzene rings is 1. The molecule has 0 radical (unpaired) electrons. The van der Waals surface area contributed by atoms with Crippen LogP contribution in [0.3, 0.4) is 0 Å². The van der Waals surface area contributed by atoms with Crippen molar-refractivity contribution in [2.24, 2.45) is 11.3 Å². The Morgan fingerprint density at radius 2 is 2.06 bits per heavy atom. The van der Waals surface area contributed by atoms with Gasteiger partial charge in [-0.05, 0) is 39.3 Å². The molecule has 0 aliphatic heterocycles. The lowest BCUT2D eigenvalue weighted by Gasteiger charge is -2.23. The first-order chi connectivity index (χ1) is 7.86. The molecule has 0 aliphatic rings. The Morgan fingerprint density at radius 1 is 1.41 bits per heavy atom. The van der Waals surface area contributed by atoms with Gasteiger partial charge in [-0.3, -0.25) is 10.2 Å². The van der Waals surface area contributed by atoms with Crippen LogP contribution in [0.15, 0.2) is 18.2 Å². The lowest BCUT2D eigenvalue weighted by molar-refractivity contribution is -0.130. The number of nitrogens with two attached hydrogens (primary N) is 1. The third kappa shape index (κ3) is 3.46. The van der Waals surface area contributed by atoms with E-state index in [1.807, 2.05) is 32.0 Å². The third-order valence-corrected chi connectivity index (χ3v) is 2.66. The van der Waals surface area contributed by atoms with E-state index in [0.29, 0.717) is 6.61 Å². The second-order valence-corrected chi connectivity index (χ2v) is 4.91. The van der Waals surface area contributed by atoms with Crippen LogP contribution in [0, 0.1) is 19.3 Å². The van der Waals surface area contributed by atoms with Crippen LogP contribution < -0.4 is 16.0 Å². The largest absolute Gasteiger partial charge is 0.492 e. The molecular weight excluding hydrogens is 216 g/mol. The predicted octanol–water partition coefficient (Wildman–Crippen LogP) is 1.70. The van der Waals surface area contributed by atoms with Gasteiger partial charge in [0.2, 0.25) is 5.91 Å². The molecule has 17 heavy (non-hydrogen) atoms. The summed E-state index contributed by atoms with van der Waals surface area (Å²) in [5.41, 5.74) is 3.75. The maximum Gasteiger partial charge on any atom is 0.242 e. The minimum absolute atomic E-state index is 0.234. The number of ether oxygens (including phenoxy) is 1. The van der Waals surface area contributed by atoms with Crippen molar-refractivity contribution in [2.75, 3.05) is 6.61 Å². The number of hydrazine groups is 1. The molecule has 0 atom stereocenters. The normalized spacial score (nSPS) is 11.1. The average Bonchev–Trinajstić information content (AvgIpc) is 2.26. The molecule has 0 saturated heterocycles. The zero-order valence-electron chi connectivity index (χ0n) is 10.8. The Balaban J connectivity index is 2.70. The maximum atomic E-state index is 11.5. The molecule has 94 valence electrons. The number of carbonyl (C=O) groups is 1. The van der Waals surface area contributed by atoms with Gasteiger partial charge in [0.25, 0.3) is 0 Å². The fourth-order valence-electron chi connectivity index (χ4n) is 1.48. The van der Waals surface area contributed by atoms with Crippen molar-refractivity contribution in [1.29, 1.82) is 0 Å². The fraction of sp³-hybridized carbons (Fsp3) is 0.462. The standard InChI is InChI=1S/C13H20N2O2/c1-9-5-6-11(10(2)7-9)17-8-13(3,4)12(16)15-14/h5-7H,8,14H2,1-4H3,(H,15,16). The number of nitrogens with one attached hydrogen (secondary N) is 1. The van der Waals surface area contributed by atoms with Crippen LogP contribution in [0.4, 0.5) is 0 Å². The summed E-state index contributed by atoms with van der Waals surface area (Å²) in [7, 11) is 0. The minimum Gasteiger partial charge on any atom is -0.492 e. The number of amides is 1. The highest BCUT2D eigenvalue weighted by atomic mass is 16.5. The molecule has 0 unspecified atom stereocenters. The Morgan fingerprint density at radius 3 is 2.59 bits per heavy atom. The van der Waals surface area contributed by atoms with E-state index >= 15 is 0 Å². The van der Waals surface area contributed by atoms with Crippen molar-refractivity contribution >= 4 is 5.91 Å². The van der Waals surface area contributed by atoms with E-state index in [2.05, 4.69) is 5.43 Å². The molecule has 1 aromatic rings.